The lowest BCUT2D eigenvalue weighted by molar-refractivity contribution is -0.126. The van der Waals surface area contributed by atoms with Gasteiger partial charge in [0, 0.05) is 25.7 Å². The largest absolute Gasteiger partial charge is 0.497 e. The molecule has 1 atom stereocenters. The first-order valence-corrected chi connectivity index (χ1v) is 10.5. The van der Waals surface area contributed by atoms with Gasteiger partial charge in [0.05, 0.1) is 38.1 Å². The molecule has 1 N–H and O–H groups in total. The lowest BCUT2D eigenvalue weighted by Gasteiger charge is -2.31. The van der Waals surface area contributed by atoms with Crippen LogP contribution < -0.4 is 14.8 Å². The Labute approximate surface area is 177 Å². The summed E-state index contributed by atoms with van der Waals surface area (Å²) in [7, 11) is 4.89. The Morgan fingerprint density at radius 3 is 2.53 bits per heavy atom. The van der Waals surface area contributed by atoms with Crippen LogP contribution in [0.1, 0.15) is 30.9 Å². The molecule has 1 saturated heterocycles. The van der Waals surface area contributed by atoms with Gasteiger partial charge in [-0.25, -0.2) is 4.79 Å². The van der Waals surface area contributed by atoms with Gasteiger partial charge in [-0.2, -0.15) is 0 Å². The van der Waals surface area contributed by atoms with Crippen LogP contribution in [0.4, 0.5) is 4.79 Å². The van der Waals surface area contributed by atoms with Crippen LogP contribution in [-0.2, 0) is 4.79 Å². The van der Waals surface area contributed by atoms with E-state index >= 15 is 0 Å². The molecule has 0 aliphatic carbocycles. The SMILES string of the molecule is COc1ccc(OC)c(C2NC(=O)N(C)C3=C2C(=O)N(CCN2CCCCC2)C3)c1. The Morgan fingerprint density at radius 1 is 1.07 bits per heavy atom. The second-order valence-corrected chi connectivity index (χ2v) is 8.04. The molecule has 0 spiro atoms. The number of nitrogens with zero attached hydrogens (tertiary/aromatic N) is 3. The Hall–Kier alpha value is -2.74. The van der Waals surface area contributed by atoms with Gasteiger partial charge in [-0.3, -0.25) is 9.69 Å². The second kappa shape index (κ2) is 8.55. The zero-order chi connectivity index (χ0) is 21.3. The first-order valence-electron chi connectivity index (χ1n) is 10.5. The third-order valence-electron chi connectivity index (χ3n) is 6.32. The predicted octanol–water partition coefficient (Wildman–Crippen LogP) is 1.98. The van der Waals surface area contributed by atoms with Gasteiger partial charge in [-0.1, -0.05) is 6.42 Å². The van der Waals surface area contributed by atoms with Gasteiger partial charge < -0.3 is 24.6 Å². The van der Waals surface area contributed by atoms with Crippen LogP contribution in [0.3, 0.4) is 0 Å². The van der Waals surface area contributed by atoms with Crippen LogP contribution >= 0.6 is 0 Å². The van der Waals surface area contributed by atoms with Gasteiger partial charge in [0.15, 0.2) is 0 Å². The molecule has 8 heteroatoms. The minimum absolute atomic E-state index is 0.0243. The van der Waals surface area contributed by atoms with E-state index in [2.05, 4.69) is 10.2 Å². The third kappa shape index (κ3) is 3.71. The zero-order valence-corrected chi connectivity index (χ0v) is 17.9. The van der Waals surface area contributed by atoms with Crippen molar-refractivity contribution in [3.8, 4) is 11.5 Å². The molecule has 3 aliphatic rings. The monoisotopic (exact) mass is 414 g/mol. The zero-order valence-electron chi connectivity index (χ0n) is 17.9. The summed E-state index contributed by atoms with van der Waals surface area (Å²) in [6, 6.07) is 4.63. The van der Waals surface area contributed by atoms with Gasteiger partial charge in [-0.15, -0.1) is 0 Å². The number of benzene rings is 1. The normalized spacial score (nSPS) is 22.3. The molecular formula is C22H30N4O4. The number of urea groups is 1. The number of likely N-dealkylation sites (N-methyl/N-ethyl adjacent to an activating group) is 1. The minimum atomic E-state index is -0.568. The van der Waals surface area contributed by atoms with Crippen LogP contribution in [-0.4, -0.2) is 80.6 Å². The molecule has 1 aromatic rings. The number of methoxy groups -OCH3 is 2. The smallest absolute Gasteiger partial charge is 0.322 e. The first-order chi connectivity index (χ1) is 14.5. The Morgan fingerprint density at radius 2 is 1.83 bits per heavy atom. The molecule has 1 unspecified atom stereocenters. The van der Waals surface area contributed by atoms with Crippen LogP contribution in [0.2, 0.25) is 0 Å². The van der Waals surface area contributed by atoms with Gasteiger partial charge in [0.2, 0.25) is 0 Å². The van der Waals surface area contributed by atoms with Crippen molar-refractivity contribution in [2.45, 2.75) is 25.3 Å². The summed E-state index contributed by atoms with van der Waals surface area (Å²) in [5.74, 6) is 1.23. The first kappa shape index (κ1) is 20.5. The summed E-state index contributed by atoms with van der Waals surface area (Å²) in [4.78, 5) is 31.9. The summed E-state index contributed by atoms with van der Waals surface area (Å²) >= 11 is 0. The van der Waals surface area contributed by atoms with Crippen LogP contribution in [0.25, 0.3) is 0 Å². The second-order valence-electron chi connectivity index (χ2n) is 8.04. The molecule has 3 heterocycles. The lowest BCUT2D eigenvalue weighted by atomic mass is 9.94. The highest BCUT2D eigenvalue weighted by atomic mass is 16.5. The van der Waals surface area contributed by atoms with Crippen LogP contribution in [0.15, 0.2) is 29.5 Å². The average molecular weight is 415 g/mol. The van der Waals surface area contributed by atoms with Crippen molar-refractivity contribution >= 4 is 11.9 Å². The van der Waals surface area contributed by atoms with Crippen molar-refractivity contribution in [1.82, 2.24) is 20.0 Å². The number of ether oxygens (including phenoxy) is 2. The molecule has 0 radical (unpaired) electrons. The molecule has 162 valence electrons. The Balaban J connectivity index is 1.61. The molecular weight excluding hydrogens is 384 g/mol. The number of hydrogen-bond donors (Lipinski definition) is 1. The van der Waals surface area contributed by atoms with Crippen molar-refractivity contribution in [3.63, 3.8) is 0 Å². The van der Waals surface area contributed by atoms with Crippen molar-refractivity contribution in [2.24, 2.45) is 0 Å². The highest BCUT2D eigenvalue weighted by Crippen LogP contribution is 2.40. The molecule has 0 saturated carbocycles. The maximum absolute atomic E-state index is 13.4. The molecule has 8 nitrogen and oxygen atoms in total. The highest BCUT2D eigenvalue weighted by Gasteiger charge is 2.43. The molecule has 4 rings (SSSR count). The molecule has 1 aromatic carbocycles. The molecule has 0 bridgehead atoms. The quantitative estimate of drug-likeness (QED) is 0.771. The Bertz CT molecular complexity index is 863. The van der Waals surface area contributed by atoms with Crippen LogP contribution in [0, 0.1) is 0 Å². The maximum atomic E-state index is 13.4. The summed E-state index contributed by atoms with van der Waals surface area (Å²) in [5, 5.41) is 2.97. The van der Waals surface area contributed by atoms with Crippen molar-refractivity contribution in [3.05, 3.63) is 35.0 Å². The molecule has 3 aliphatic heterocycles. The van der Waals surface area contributed by atoms with Gasteiger partial charge in [-0.05, 0) is 44.1 Å². The minimum Gasteiger partial charge on any atom is -0.497 e. The summed E-state index contributed by atoms with van der Waals surface area (Å²) in [6.07, 6.45) is 3.74. The van der Waals surface area contributed by atoms with E-state index in [4.69, 9.17) is 9.47 Å². The van der Waals surface area contributed by atoms with E-state index < -0.39 is 6.04 Å². The van der Waals surface area contributed by atoms with E-state index in [0.29, 0.717) is 30.2 Å². The predicted molar refractivity (Wildman–Crippen MR) is 112 cm³/mol. The van der Waals surface area contributed by atoms with Crippen LogP contribution in [0.5, 0.6) is 11.5 Å². The van der Waals surface area contributed by atoms with Gasteiger partial charge in [0.1, 0.15) is 11.5 Å². The Kier molecular flexibility index (Phi) is 5.85. The van der Waals surface area contributed by atoms with Crippen molar-refractivity contribution in [2.75, 3.05) is 54.0 Å². The fraction of sp³-hybridized carbons (Fsp3) is 0.545. The van der Waals surface area contributed by atoms with E-state index in [-0.39, 0.29) is 11.9 Å². The number of amides is 3. The summed E-state index contributed by atoms with van der Waals surface area (Å²) < 4.78 is 10.9. The third-order valence-corrected chi connectivity index (χ3v) is 6.32. The van der Waals surface area contributed by atoms with E-state index in [0.717, 1.165) is 30.9 Å². The van der Waals surface area contributed by atoms with Crippen molar-refractivity contribution < 1.29 is 19.1 Å². The fourth-order valence-corrected chi connectivity index (χ4v) is 4.55. The lowest BCUT2D eigenvalue weighted by Crippen LogP contribution is -2.45. The number of likely N-dealkylation sites (tertiary alicyclic amines) is 1. The maximum Gasteiger partial charge on any atom is 0.322 e. The molecule has 30 heavy (non-hydrogen) atoms. The fourth-order valence-electron chi connectivity index (χ4n) is 4.55. The highest BCUT2D eigenvalue weighted by molar-refractivity contribution is 6.01. The van der Waals surface area contributed by atoms with Gasteiger partial charge in [0.25, 0.3) is 5.91 Å². The average Bonchev–Trinajstić information content (AvgIpc) is 3.11. The molecule has 1 fully saturated rings. The van der Waals surface area contributed by atoms with E-state index in [9.17, 15) is 9.59 Å². The number of piperidine rings is 1. The topological polar surface area (TPSA) is 74.3 Å². The van der Waals surface area contributed by atoms with Crippen molar-refractivity contribution in [1.29, 1.82) is 0 Å². The number of carbonyl (C=O) groups is 2. The van der Waals surface area contributed by atoms with Gasteiger partial charge >= 0.3 is 6.03 Å². The number of carbonyl (C=O) groups excluding carboxylic acids is 2. The number of hydrogen-bond acceptors (Lipinski definition) is 5. The molecule has 3 amide bonds. The van der Waals surface area contributed by atoms with E-state index in [1.807, 2.05) is 11.0 Å². The molecule has 0 aromatic heterocycles. The van der Waals surface area contributed by atoms with E-state index in [1.54, 1.807) is 38.3 Å². The summed E-state index contributed by atoms with van der Waals surface area (Å²) in [6.45, 7) is 4.17. The number of nitrogens with one attached hydrogen (secondary N) is 1. The number of rotatable bonds is 6. The summed E-state index contributed by atoms with van der Waals surface area (Å²) in [5.41, 5.74) is 2.09. The standard InChI is InChI=1S/C22H30N4O4/c1-24-17-14-26(12-11-25-9-5-4-6-10-25)21(27)19(17)20(23-22(24)28)16-13-15(29-2)7-8-18(16)30-3/h7-8,13,20H,4-6,9-12,14H2,1-3H3,(H,23,28). The van der Waals surface area contributed by atoms with E-state index in [1.165, 1.54) is 19.3 Å².